The predicted octanol–water partition coefficient (Wildman–Crippen LogP) is 3.25. The van der Waals surface area contributed by atoms with E-state index in [1.165, 1.54) is 10.7 Å². The maximum Gasteiger partial charge on any atom is 0.0944 e. The van der Waals surface area contributed by atoms with Gasteiger partial charge in [0.05, 0.1) is 10.7 Å². The summed E-state index contributed by atoms with van der Waals surface area (Å²) in [5.74, 6) is 5.70. The van der Waals surface area contributed by atoms with E-state index >= 15 is 0 Å². The minimum absolute atomic E-state index is 0.126. The summed E-state index contributed by atoms with van der Waals surface area (Å²) in [4.78, 5) is 4.74. The Balaban J connectivity index is 2.81. The van der Waals surface area contributed by atoms with Crippen LogP contribution in [0.1, 0.15) is 58.7 Å². The van der Waals surface area contributed by atoms with E-state index in [9.17, 15) is 0 Å². The van der Waals surface area contributed by atoms with Crippen LogP contribution in [0.15, 0.2) is 5.38 Å². The summed E-state index contributed by atoms with van der Waals surface area (Å²) in [6.45, 7) is 13.3. The lowest BCUT2D eigenvalue weighted by molar-refractivity contribution is 0.231. The molecule has 0 aliphatic heterocycles. The molecule has 3 nitrogen and oxygen atoms in total. The third-order valence-corrected chi connectivity index (χ3v) is 4.63. The molecule has 0 fully saturated rings. The molecule has 1 aromatic rings. The summed E-state index contributed by atoms with van der Waals surface area (Å²) in [6.07, 6.45) is 2.00. The van der Waals surface area contributed by atoms with E-state index in [1.807, 2.05) is 0 Å². The van der Waals surface area contributed by atoms with Crippen molar-refractivity contribution >= 4 is 11.3 Å². The monoisotopic (exact) mass is 269 g/mol. The van der Waals surface area contributed by atoms with E-state index in [1.54, 1.807) is 11.3 Å². The summed E-state index contributed by atoms with van der Waals surface area (Å²) in [5, 5.41) is 3.34. The van der Waals surface area contributed by atoms with Crippen molar-refractivity contribution in [2.24, 2.45) is 11.3 Å². The number of aromatic nitrogens is 1. The first-order chi connectivity index (χ1) is 8.20. The molecule has 0 saturated carbocycles. The fraction of sp³-hybridized carbons (Fsp3) is 0.786. The van der Waals surface area contributed by atoms with Gasteiger partial charge < -0.3 is 0 Å². The molecule has 4 heteroatoms. The van der Waals surface area contributed by atoms with Gasteiger partial charge in [0.1, 0.15) is 0 Å². The second-order valence-corrected chi connectivity index (χ2v) is 7.58. The SMILES string of the molecule is CCC(C)(C)C(Cc1nc(C(C)(C)C)cs1)NN. The Morgan fingerprint density at radius 3 is 2.33 bits per heavy atom. The Labute approximate surface area is 115 Å². The Morgan fingerprint density at radius 2 is 1.94 bits per heavy atom. The summed E-state index contributed by atoms with van der Waals surface area (Å²) < 4.78 is 0. The van der Waals surface area contributed by atoms with Gasteiger partial charge in [0.15, 0.2) is 0 Å². The van der Waals surface area contributed by atoms with Crippen molar-refractivity contribution in [3.8, 4) is 0 Å². The highest BCUT2D eigenvalue weighted by Crippen LogP contribution is 2.29. The fourth-order valence-electron chi connectivity index (χ4n) is 1.73. The molecule has 0 aliphatic rings. The minimum Gasteiger partial charge on any atom is -0.271 e. The van der Waals surface area contributed by atoms with Gasteiger partial charge in [-0.2, -0.15) is 0 Å². The van der Waals surface area contributed by atoms with Crippen molar-refractivity contribution < 1.29 is 0 Å². The smallest absolute Gasteiger partial charge is 0.0944 e. The van der Waals surface area contributed by atoms with Crippen LogP contribution in [0.3, 0.4) is 0 Å². The number of hydrogen-bond acceptors (Lipinski definition) is 4. The first kappa shape index (κ1) is 15.6. The van der Waals surface area contributed by atoms with E-state index in [0.717, 1.165) is 12.8 Å². The molecule has 1 heterocycles. The van der Waals surface area contributed by atoms with Gasteiger partial charge in [0.2, 0.25) is 0 Å². The van der Waals surface area contributed by atoms with Gasteiger partial charge in [-0.3, -0.25) is 11.3 Å². The van der Waals surface area contributed by atoms with Crippen LogP contribution in [0.25, 0.3) is 0 Å². The zero-order valence-corrected chi connectivity index (χ0v) is 13.3. The van der Waals surface area contributed by atoms with Crippen LogP contribution < -0.4 is 11.3 Å². The molecule has 0 aliphatic carbocycles. The van der Waals surface area contributed by atoms with Crippen LogP contribution in [0, 0.1) is 5.41 Å². The first-order valence-corrected chi connectivity index (χ1v) is 7.49. The second-order valence-electron chi connectivity index (χ2n) is 6.64. The van der Waals surface area contributed by atoms with E-state index in [4.69, 9.17) is 10.8 Å². The fourth-order valence-corrected chi connectivity index (χ4v) is 2.80. The van der Waals surface area contributed by atoms with Crippen LogP contribution >= 0.6 is 11.3 Å². The molecule has 1 aromatic heterocycles. The molecule has 104 valence electrons. The highest BCUT2D eigenvalue weighted by molar-refractivity contribution is 7.09. The first-order valence-electron chi connectivity index (χ1n) is 6.61. The largest absolute Gasteiger partial charge is 0.271 e. The molecule has 3 N–H and O–H groups in total. The number of nitrogens with one attached hydrogen (secondary N) is 1. The lowest BCUT2D eigenvalue weighted by Gasteiger charge is -2.32. The standard InChI is InChI=1S/C14H27N3S/c1-7-14(5,6)10(17-15)8-12-16-11(9-18-12)13(2,3)4/h9-10,17H,7-8,15H2,1-6H3. The number of nitrogens with zero attached hydrogens (tertiary/aromatic N) is 1. The van der Waals surface area contributed by atoms with Gasteiger partial charge in [0, 0.05) is 23.3 Å². The molecule has 0 amide bonds. The third kappa shape index (κ3) is 3.77. The van der Waals surface area contributed by atoms with Gasteiger partial charge in [-0.05, 0) is 11.8 Å². The summed E-state index contributed by atoms with van der Waals surface area (Å²) in [6, 6.07) is 0.265. The molecule has 18 heavy (non-hydrogen) atoms. The van der Waals surface area contributed by atoms with Crippen molar-refractivity contribution in [3.05, 3.63) is 16.1 Å². The van der Waals surface area contributed by atoms with E-state index in [2.05, 4.69) is 52.3 Å². The van der Waals surface area contributed by atoms with Crippen LogP contribution in [0.5, 0.6) is 0 Å². The van der Waals surface area contributed by atoms with E-state index in [0.29, 0.717) is 0 Å². The van der Waals surface area contributed by atoms with Crippen LogP contribution in [-0.2, 0) is 11.8 Å². The molecule has 1 atom stereocenters. The van der Waals surface area contributed by atoms with Crippen LogP contribution in [-0.4, -0.2) is 11.0 Å². The third-order valence-electron chi connectivity index (χ3n) is 3.75. The molecule has 1 unspecified atom stereocenters. The Morgan fingerprint density at radius 1 is 1.33 bits per heavy atom. The van der Waals surface area contributed by atoms with Crippen molar-refractivity contribution in [2.45, 2.75) is 65.8 Å². The van der Waals surface area contributed by atoms with E-state index < -0.39 is 0 Å². The quantitative estimate of drug-likeness (QED) is 0.637. The van der Waals surface area contributed by atoms with Crippen molar-refractivity contribution in [3.63, 3.8) is 0 Å². The highest BCUT2D eigenvalue weighted by atomic mass is 32.1. The average Bonchev–Trinajstić information content (AvgIpc) is 2.73. The van der Waals surface area contributed by atoms with Gasteiger partial charge in [-0.25, -0.2) is 4.98 Å². The second kappa shape index (κ2) is 5.68. The minimum atomic E-state index is 0.126. The number of nitrogens with two attached hydrogens (primary N) is 1. The molecule has 0 aromatic carbocycles. The van der Waals surface area contributed by atoms with Gasteiger partial charge in [-0.15, -0.1) is 11.3 Å². The number of hydrazine groups is 1. The maximum atomic E-state index is 5.70. The molecule has 0 saturated heterocycles. The number of hydrogen-bond donors (Lipinski definition) is 2. The summed E-state index contributed by atoms with van der Waals surface area (Å²) in [5.41, 5.74) is 4.44. The van der Waals surface area contributed by atoms with Crippen molar-refractivity contribution in [2.75, 3.05) is 0 Å². The molecule has 0 bridgehead atoms. The topological polar surface area (TPSA) is 50.9 Å². The Bertz CT molecular complexity index is 377. The molecule has 0 radical (unpaired) electrons. The lowest BCUT2D eigenvalue weighted by atomic mass is 9.81. The van der Waals surface area contributed by atoms with Crippen LogP contribution in [0.4, 0.5) is 0 Å². The van der Waals surface area contributed by atoms with Gasteiger partial charge in [-0.1, -0.05) is 41.5 Å². The van der Waals surface area contributed by atoms with Crippen molar-refractivity contribution in [1.29, 1.82) is 0 Å². The molecule has 0 spiro atoms. The zero-order chi connectivity index (χ0) is 14.0. The zero-order valence-electron chi connectivity index (χ0n) is 12.5. The normalized spacial score (nSPS) is 14.8. The molecular formula is C14H27N3S. The van der Waals surface area contributed by atoms with Gasteiger partial charge in [0.25, 0.3) is 0 Å². The molecular weight excluding hydrogens is 242 g/mol. The lowest BCUT2D eigenvalue weighted by Crippen LogP contribution is -2.46. The molecule has 1 rings (SSSR count). The predicted molar refractivity (Wildman–Crippen MR) is 79.7 cm³/mol. The van der Waals surface area contributed by atoms with Crippen LogP contribution in [0.2, 0.25) is 0 Å². The summed E-state index contributed by atoms with van der Waals surface area (Å²) >= 11 is 1.74. The van der Waals surface area contributed by atoms with E-state index in [-0.39, 0.29) is 16.9 Å². The Hall–Kier alpha value is -0.450. The number of thiazole rings is 1. The highest BCUT2D eigenvalue weighted by Gasteiger charge is 2.28. The van der Waals surface area contributed by atoms with Gasteiger partial charge >= 0.3 is 0 Å². The summed E-state index contributed by atoms with van der Waals surface area (Å²) in [7, 11) is 0. The average molecular weight is 269 g/mol. The Kier molecular flexibility index (Phi) is 4.92. The number of rotatable bonds is 5. The maximum absolute atomic E-state index is 5.70. The van der Waals surface area contributed by atoms with Crippen molar-refractivity contribution in [1.82, 2.24) is 10.4 Å².